The second-order valence-corrected chi connectivity index (χ2v) is 20.7. The fraction of sp³-hybridized carbons (Fsp3) is 0.0882. The number of rotatable bonds is 4. The summed E-state index contributed by atoms with van der Waals surface area (Å²) >= 11 is 0. The van der Waals surface area contributed by atoms with Crippen molar-refractivity contribution in [1.29, 1.82) is 0 Å². The fourth-order valence-corrected chi connectivity index (χ4v) is 14.2. The lowest BCUT2D eigenvalue weighted by Crippen LogP contribution is -2.25. The van der Waals surface area contributed by atoms with Gasteiger partial charge >= 0.3 is 0 Å². The highest BCUT2D eigenvalue weighted by atomic mass is 16.3. The Balaban J connectivity index is 0.945. The van der Waals surface area contributed by atoms with Crippen LogP contribution in [0.5, 0.6) is 0 Å². The van der Waals surface area contributed by atoms with Crippen LogP contribution in [0, 0.1) is 0 Å². The van der Waals surface area contributed by atoms with Gasteiger partial charge in [-0.25, -0.2) is 0 Å². The molecule has 0 saturated carbocycles. The number of fused-ring (bicyclic) bond motifs is 21. The molecule has 0 fully saturated rings. The van der Waals surface area contributed by atoms with Gasteiger partial charge in [0, 0.05) is 34.1 Å². The fourth-order valence-electron chi connectivity index (χ4n) is 14.2. The van der Waals surface area contributed by atoms with Gasteiger partial charge in [-0.15, -0.1) is 0 Å². The van der Waals surface area contributed by atoms with Gasteiger partial charge in [0.25, 0.3) is 0 Å². The van der Waals surface area contributed by atoms with E-state index in [1.165, 1.54) is 94.1 Å². The average Bonchev–Trinajstić information content (AvgIpc) is 4.19. The topological polar surface area (TPSA) is 19.6 Å². The molecule has 2 unspecified atom stereocenters. The Morgan fingerprint density at radius 2 is 1.06 bits per heavy atom. The maximum absolute atomic E-state index is 7.14. The minimum atomic E-state index is -0.457. The van der Waals surface area contributed by atoms with Crippen LogP contribution >= 0.6 is 0 Å². The predicted molar refractivity (Wildman–Crippen MR) is 293 cm³/mol. The Kier molecular flexibility index (Phi) is 7.73. The van der Waals surface area contributed by atoms with Gasteiger partial charge in [-0.05, 0) is 149 Å². The van der Waals surface area contributed by atoms with Gasteiger partial charge in [0.05, 0.1) is 22.5 Å². The molecular formula is C68H46N2O. The standard InChI is InChI=1S/C68H46N2O/c1-67(2)57-36-32-42-18-8-9-22-47(42)63(57)66-65(67)51-35-34-46(38-60(51)70(66)44-20-4-3-5-21-44)69(45-33-31-41-17-6-7-19-43(41)37-45)59-29-16-30-61-64(59)53-39-52-50-25-12-15-28-56(50)68(58(52)40-62(53)71-61)54-26-13-10-23-48(54)49-24-11-14-27-55(49)68/h3-40,65-66H,1-2H3. The van der Waals surface area contributed by atoms with E-state index in [2.05, 4.69) is 254 Å². The minimum absolute atomic E-state index is 0.108. The second kappa shape index (κ2) is 14.0. The molecule has 3 nitrogen and oxygen atoms in total. The first-order chi connectivity index (χ1) is 35.0. The van der Waals surface area contributed by atoms with Gasteiger partial charge in [-0.2, -0.15) is 0 Å². The van der Waals surface area contributed by atoms with E-state index in [1.54, 1.807) is 0 Å². The summed E-state index contributed by atoms with van der Waals surface area (Å²) in [4.78, 5) is 5.15. The van der Waals surface area contributed by atoms with Gasteiger partial charge in [0.2, 0.25) is 0 Å². The summed E-state index contributed by atoms with van der Waals surface area (Å²) in [6.07, 6.45) is 0. The van der Waals surface area contributed by atoms with Crippen molar-refractivity contribution in [3.8, 4) is 22.3 Å². The molecule has 1 aromatic heterocycles. The summed E-state index contributed by atoms with van der Waals surface area (Å²) in [6, 6.07) is 86.4. The van der Waals surface area contributed by atoms with Crippen molar-refractivity contribution in [2.45, 2.75) is 36.6 Å². The van der Waals surface area contributed by atoms with Crippen molar-refractivity contribution in [1.82, 2.24) is 0 Å². The highest BCUT2D eigenvalue weighted by molar-refractivity contribution is 6.16. The van der Waals surface area contributed by atoms with E-state index in [-0.39, 0.29) is 17.4 Å². The summed E-state index contributed by atoms with van der Waals surface area (Å²) in [5.74, 6) is 0.245. The molecule has 2 heterocycles. The number of hydrogen-bond donors (Lipinski definition) is 0. The van der Waals surface area contributed by atoms with E-state index in [4.69, 9.17) is 4.42 Å². The lowest BCUT2D eigenvalue weighted by molar-refractivity contribution is 0.421. The number of hydrogen-bond acceptors (Lipinski definition) is 3. The minimum Gasteiger partial charge on any atom is -0.456 e. The molecule has 3 heteroatoms. The summed E-state index contributed by atoms with van der Waals surface area (Å²) in [7, 11) is 0. The lowest BCUT2D eigenvalue weighted by Gasteiger charge is -2.31. The molecular weight excluding hydrogens is 861 g/mol. The van der Waals surface area contributed by atoms with Gasteiger partial charge in [-0.3, -0.25) is 0 Å². The van der Waals surface area contributed by atoms with E-state index in [1.807, 2.05) is 0 Å². The van der Waals surface area contributed by atoms with Crippen LogP contribution in [0.1, 0.15) is 64.8 Å². The Morgan fingerprint density at radius 1 is 0.437 bits per heavy atom. The molecule has 0 N–H and O–H groups in total. The first kappa shape index (κ1) is 39.2. The summed E-state index contributed by atoms with van der Waals surface area (Å²) in [5, 5.41) is 7.26. The molecule has 1 spiro atoms. The highest BCUT2D eigenvalue weighted by Crippen LogP contribution is 2.67. The van der Waals surface area contributed by atoms with Crippen LogP contribution in [0.3, 0.4) is 0 Å². The molecule has 0 bridgehead atoms. The first-order valence-electron chi connectivity index (χ1n) is 25.1. The maximum atomic E-state index is 7.14. The van der Waals surface area contributed by atoms with Crippen molar-refractivity contribution in [3.05, 3.63) is 269 Å². The highest BCUT2D eigenvalue weighted by Gasteiger charge is 2.56. The van der Waals surface area contributed by atoms with Crippen LogP contribution in [0.25, 0.3) is 65.7 Å². The van der Waals surface area contributed by atoms with Crippen molar-refractivity contribution >= 4 is 71.9 Å². The quantitative estimate of drug-likeness (QED) is 0.175. The number of anilines is 5. The van der Waals surface area contributed by atoms with E-state index in [0.717, 1.165) is 39.0 Å². The molecule has 12 aromatic rings. The van der Waals surface area contributed by atoms with Crippen LogP contribution in [-0.4, -0.2) is 0 Å². The predicted octanol–water partition coefficient (Wildman–Crippen LogP) is 18.0. The maximum Gasteiger partial charge on any atom is 0.137 e. The van der Waals surface area contributed by atoms with Crippen LogP contribution in [0.15, 0.2) is 235 Å². The van der Waals surface area contributed by atoms with Gasteiger partial charge in [0.15, 0.2) is 0 Å². The molecule has 0 amide bonds. The van der Waals surface area contributed by atoms with E-state index >= 15 is 0 Å². The molecule has 0 saturated heterocycles. The number of benzene rings is 11. The Morgan fingerprint density at radius 3 is 1.82 bits per heavy atom. The molecule has 11 aromatic carbocycles. The summed E-state index contributed by atoms with van der Waals surface area (Å²) < 4.78 is 7.14. The first-order valence-corrected chi connectivity index (χ1v) is 25.1. The molecule has 16 rings (SSSR count). The van der Waals surface area contributed by atoms with Gasteiger partial charge in [-0.1, -0.05) is 184 Å². The van der Waals surface area contributed by atoms with E-state index in [9.17, 15) is 0 Å². The van der Waals surface area contributed by atoms with Gasteiger partial charge < -0.3 is 14.2 Å². The van der Waals surface area contributed by atoms with Crippen LogP contribution < -0.4 is 9.80 Å². The third-order valence-corrected chi connectivity index (χ3v) is 17.1. The number of furan rings is 1. The molecule has 3 aliphatic carbocycles. The summed E-state index contributed by atoms with van der Waals surface area (Å²) in [6.45, 7) is 4.93. The van der Waals surface area contributed by atoms with Crippen LogP contribution in [0.2, 0.25) is 0 Å². The molecule has 71 heavy (non-hydrogen) atoms. The van der Waals surface area contributed by atoms with Crippen molar-refractivity contribution in [2.24, 2.45) is 0 Å². The zero-order valence-corrected chi connectivity index (χ0v) is 39.4. The molecule has 0 radical (unpaired) electrons. The Hall–Kier alpha value is -8.66. The lowest BCUT2D eigenvalue weighted by atomic mass is 9.70. The van der Waals surface area contributed by atoms with Gasteiger partial charge in [0.1, 0.15) is 11.2 Å². The van der Waals surface area contributed by atoms with Crippen molar-refractivity contribution in [3.63, 3.8) is 0 Å². The van der Waals surface area contributed by atoms with Crippen molar-refractivity contribution in [2.75, 3.05) is 9.80 Å². The number of para-hydroxylation sites is 1. The Bertz CT molecular complexity index is 4210. The van der Waals surface area contributed by atoms with Crippen LogP contribution in [-0.2, 0) is 10.8 Å². The largest absolute Gasteiger partial charge is 0.456 e. The average molecular weight is 907 g/mol. The SMILES string of the molecule is CC1(C)c2ccc3ccccc3c2C2C1c1ccc(N(c3ccc4ccccc4c3)c3cccc4oc5cc6c(cc5c34)-c3ccccc3C63c4ccccc4-c4ccccc43)cc1N2c1ccccc1. The zero-order chi connectivity index (χ0) is 46.7. The van der Waals surface area contributed by atoms with E-state index in [0.29, 0.717) is 0 Å². The molecule has 334 valence electrons. The van der Waals surface area contributed by atoms with Crippen molar-refractivity contribution < 1.29 is 4.42 Å². The van der Waals surface area contributed by atoms with E-state index < -0.39 is 5.41 Å². The number of nitrogens with zero attached hydrogens (tertiary/aromatic N) is 2. The molecule has 1 aliphatic heterocycles. The molecule has 2 atom stereocenters. The summed E-state index contributed by atoms with van der Waals surface area (Å²) in [5.41, 5.74) is 21.6. The zero-order valence-electron chi connectivity index (χ0n) is 39.4. The monoisotopic (exact) mass is 906 g/mol. The Labute approximate surface area is 412 Å². The third kappa shape index (κ3) is 5.02. The third-order valence-electron chi connectivity index (χ3n) is 17.1. The second-order valence-electron chi connectivity index (χ2n) is 20.7. The smallest absolute Gasteiger partial charge is 0.137 e. The molecule has 4 aliphatic rings. The normalized spacial score (nSPS) is 17.1. The van der Waals surface area contributed by atoms with Crippen LogP contribution in [0.4, 0.5) is 28.4 Å².